The molecule has 1 aliphatic rings. The molecule has 0 saturated heterocycles. The molecule has 23 heavy (non-hydrogen) atoms. The summed E-state index contributed by atoms with van der Waals surface area (Å²) in [5, 5.41) is 0. The van der Waals surface area contributed by atoms with Crippen molar-refractivity contribution in [1.29, 1.82) is 0 Å². The first kappa shape index (κ1) is 16.4. The smallest absolute Gasteiger partial charge is 0.210 e. The third kappa shape index (κ3) is 2.65. The molecule has 3 heteroatoms. The van der Waals surface area contributed by atoms with Gasteiger partial charge in [0.15, 0.2) is 11.5 Å². The lowest BCUT2D eigenvalue weighted by Gasteiger charge is -2.13. The minimum absolute atomic E-state index is 0.0635. The van der Waals surface area contributed by atoms with Gasteiger partial charge in [-0.1, -0.05) is 46.4 Å². The second-order valence-corrected chi connectivity index (χ2v) is 8.42. The molecule has 1 atom stereocenters. The van der Waals surface area contributed by atoms with E-state index in [-0.39, 0.29) is 9.20 Å². The number of nitrogens with zero attached hydrogens (tertiary/aromatic N) is 1. The SMILES string of the molecule is CC[N+]1=C(C)C(C)(I)c2cc(C(=O)c3cccc(C)c3)ccc21. The van der Waals surface area contributed by atoms with Crippen LogP contribution >= 0.6 is 22.6 Å². The summed E-state index contributed by atoms with van der Waals surface area (Å²) in [4.78, 5) is 12.8. The monoisotopic (exact) mass is 418 g/mol. The van der Waals surface area contributed by atoms with Gasteiger partial charge in [-0.3, -0.25) is 4.79 Å². The van der Waals surface area contributed by atoms with Gasteiger partial charge in [0.1, 0.15) is 9.97 Å². The predicted molar refractivity (Wildman–Crippen MR) is 104 cm³/mol. The van der Waals surface area contributed by atoms with Gasteiger partial charge in [0.2, 0.25) is 5.69 Å². The first-order chi connectivity index (χ1) is 10.9. The molecule has 3 rings (SSSR count). The molecule has 1 aliphatic heterocycles. The summed E-state index contributed by atoms with van der Waals surface area (Å²) in [5.74, 6) is 0.0938. The van der Waals surface area contributed by atoms with Crippen molar-refractivity contribution in [3.05, 3.63) is 64.7 Å². The van der Waals surface area contributed by atoms with Gasteiger partial charge in [0.25, 0.3) is 0 Å². The molecular weight excluding hydrogens is 397 g/mol. The highest BCUT2D eigenvalue weighted by atomic mass is 127. The van der Waals surface area contributed by atoms with Gasteiger partial charge in [-0.15, -0.1) is 0 Å². The van der Waals surface area contributed by atoms with Crippen LogP contribution in [0.5, 0.6) is 0 Å². The summed E-state index contributed by atoms with van der Waals surface area (Å²) >= 11 is 2.49. The molecule has 0 amide bonds. The summed E-state index contributed by atoms with van der Waals surface area (Å²) < 4.78 is 2.27. The fraction of sp³-hybridized carbons (Fsp3) is 0.300. The molecule has 0 saturated carbocycles. The minimum atomic E-state index is -0.0635. The quantitative estimate of drug-likeness (QED) is 0.297. The maximum atomic E-state index is 12.8. The fourth-order valence-electron chi connectivity index (χ4n) is 3.28. The van der Waals surface area contributed by atoms with Crippen molar-refractivity contribution >= 4 is 39.8 Å². The Hall–Kier alpha value is -1.49. The van der Waals surface area contributed by atoms with Crippen LogP contribution in [0.25, 0.3) is 0 Å². The van der Waals surface area contributed by atoms with Crippen LogP contribution in [0.4, 0.5) is 5.69 Å². The Labute approximate surface area is 151 Å². The molecule has 0 spiro atoms. The van der Waals surface area contributed by atoms with Crippen molar-refractivity contribution in [2.75, 3.05) is 6.54 Å². The van der Waals surface area contributed by atoms with Crippen LogP contribution in [0.1, 0.15) is 47.8 Å². The zero-order chi connectivity index (χ0) is 16.8. The highest BCUT2D eigenvalue weighted by Gasteiger charge is 2.44. The van der Waals surface area contributed by atoms with Crippen molar-refractivity contribution in [2.24, 2.45) is 0 Å². The molecule has 2 aromatic rings. The van der Waals surface area contributed by atoms with Crippen molar-refractivity contribution in [3.8, 4) is 0 Å². The van der Waals surface area contributed by atoms with Crippen LogP contribution in [0, 0.1) is 6.92 Å². The number of hydrogen-bond donors (Lipinski definition) is 0. The number of carbonyl (C=O) groups is 1. The zero-order valence-corrected chi connectivity index (χ0v) is 16.1. The standard InChI is InChI=1S/C20H21INO/c1-5-22-14(3)20(4,21)17-12-16(9-10-18(17)22)19(23)15-8-6-7-13(2)11-15/h6-12H,5H2,1-4H3/q+1. The van der Waals surface area contributed by atoms with E-state index in [0.717, 1.165) is 23.2 Å². The van der Waals surface area contributed by atoms with Crippen LogP contribution in [0.2, 0.25) is 0 Å². The predicted octanol–water partition coefficient (Wildman–Crippen LogP) is 5.01. The molecule has 0 aliphatic carbocycles. The summed E-state index contributed by atoms with van der Waals surface area (Å²) in [5.41, 5.74) is 6.42. The number of alkyl halides is 1. The molecule has 0 N–H and O–H groups in total. The molecule has 118 valence electrons. The van der Waals surface area contributed by atoms with E-state index < -0.39 is 0 Å². The number of benzene rings is 2. The van der Waals surface area contributed by atoms with Crippen LogP contribution in [0.3, 0.4) is 0 Å². The van der Waals surface area contributed by atoms with E-state index in [2.05, 4.69) is 60.1 Å². The number of carbonyl (C=O) groups excluding carboxylic acids is 1. The molecule has 0 aromatic heterocycles. The van der Waals surface area contributed by atoms with Gasteiger partial charge >= 0.3 is 0 Å². The Kier molecular flexibility index (Phi) is 4.17. The van der Waals surface area contributed by atoms with E-state index in [4.69, 9.17) is 0 Å². The lowest BCUT2D eigenvalue weighted by Crippen LogP contribution is -2.23. The Bertz CT molecular complexity index is 833. The van der Waals surface area contributed by atoms with E-state index in [1.165, 1.54) is 17.0 Å². The average molecular weight is 418 g/mol. The number of halogens is 1. The second kappa shape index (κ2) is 5.86. The largest absolute Gasteiger partial charge is 0.289 e. The highest BCUT2D eigenvalue weighted by Crippen LogP contribution is 2.44. The lowest BCUT2D eigenvalue weighted by molar-refractivity contribution is -0.434. The van der Waals surface area contributed by atoms with Crippen LogP contribution < -0.4 is 0 Å². The Morgan fingerprint density at radius 2 is 1.83 bits per heavy atom. The van der Waals surface area contributed by atoms with Crippen LogP contribution in [0.15, 0.2) is 42.5 Å². The molecule has 1 heterocycles. The second-order valence-electron chi connectivity index (χ2n) is 6.26. The topological polar surface area (TPSA) is 20.1 Å². The van der Waals surface area contributed by atoms with Crippen molar-refractivity contribution in [2.45, 2.75) is 31.1 Å². The zero-order valence-electron chi connectivity index (χ0n) is 14.0. The average Bonchev–Trinajstić information content (AvgIpc) is 2.73. The van der Waals surface area contributed by atoms with E-state index in [9.17, 15) is 4.79 Å². The van der Waals surface area contributed by atoms with Crippen LogP contribution in [-0.2, 0) is 3.42 Å². The van der Waals surface area contributed by atoms with Gasteiger partial charge in [-0.05, 0) is 39.0 Å². The molecule has 2 nitrogen and oxygen atoms in total. The number of ketones is 1. The Morgan fingerprint density at radius 1 is 1.13 bits per heavy atom. The highest BCUT2D eigenvalue weighted by molar-refractivity contribution is 14.1. The molecular formula is C20H21INO+. The van der Waals surface area contributed by atoms with Gasteiger partial charge in [-0.25, -0.2) is 0 Å². The first-order valence-corrected chi connectivity index (χ1v) is 9.00. The van der Waals surface area contributed by atoms with Gasteiger partial charge in [-0.2, -0.15) is 4.58 Å². The fourth-order valence-corrected chi connectivity index (χ4v) is 4.00. The first-order valence-electron chi connectivity index (χ1n) is 7.92. The van der Waals surface area contributed by atoms with Crippen molar-refractivity contribution in [1.82, 2.24) is 0 Å². The number of aryl methyl sites for hydroxylation is 1. The van der Waals surface area contributed by atoms with E-state index in [0.29, 0.717) is 0 Å². The van der Waals surface area contributed by atoms with E-state index in [1.54, 1.807) is 0 Å². The molecule has 1 unspecified atom stereocenters. The van der Waals surface area contributed by atoms with Gasteiger partial charge < -0.3 is 0 Å². The number of hydrogen-bond acceptors (Lipinski definition) is 1. The number of fused-ring (bicyclic) bond motifs is 1. The molecule has 0 bridgehead atoms. The summed E-state index contributed by atoms with van der Waals surface area (Å²) in [7, 11) is 0. The summed E-state index contributed by atoms with van der Waals surface area (Å²) in [6.07, 6.45) is 0. The maximum Gasteiger partial charge on any atom is 0.210 e. The van der Waals surface area contributed by atoms with Crippen molar-refractivity contribution < 1.29 is 9.37 Å². The van der Waals surface area contributed by atoms with Gasteiger partial charge in [0.05, 0.1) is 5.56 Å². The Balaban J connectivity index is 2.07. The van der Waals surface area contributed by atoms with E-state index >= 15 is 0 Å². The Morgan fingerprint density at radius 3 is 2.48 bits per heavy atom. The normalized spacial score (nSPS) is 19.9. The van der Waals surface area contributed by atoms with Crippen molar-refractivity contribution in [3.63, 3.8) is 0 Å². The minimum Gasteiger partial charge on any atom is -0.289 e. The third-order valence-corrected chi connectivity index (χ3v) is 6.10. The lowest BCUT2D eigenvalue weighted by atomic mass is 9.94. The molecule has 0 radical (unpaired) electrons. The van der Waals surface area contributed by atoms with Gasteiger partial charge in [0, 0.05) is 24.1 Å². The number of rotatable bonds is 3. The molecule has 2 aromatic carbocycles. The van der Waals surface area contributed by atoms with E-state index in [1.807, 2.05) is 37.3 Å². The van der Waals surface area contributed by atoms with Crippen LogP contribution in [-0.4, -0.2) is 22.6 Å². The summed E-state index contributed by atoms with van der Waals surface area (Å²) in [6, 6.07) is 13.9. The summed E-state index contributed by atoms with van der Waals surface area (Å²) in [6.45, 7) is 9.52. The molecule has 0 fully saturated rings. The third-order valence-electron chi connectivity index (χ3n) is 4.74. The maximum absolute atomic E-state index is 12.8.